The van der Waals surface area contributed by atoms with Crippen LogP contribution in [0.15, 0.2) is 59.6 Å². The van der Waals surface area contributed by atoms with Gasteiger partial charge in [-0.3, -0.25) is 19.3 Å². The molecule has 30 heavy (non-hydrogen) atoms. The summed E-state index contributed by atoms with van der Waals surface area (Å²) in [7, 11) is 0. The molecule has 1 aromatic carbocycles. The third-order valence-electron chi connectivity index (χ3n) is 5.44. The average molecular weight is 407 g/mol. The van der Waals surface area contributed by atoms with Crippen LogP contribution in [0, 0.1) is 0 Å². The number of nitrogens with one attached hydrogen (secondary N) is 1. The SMILES string of the molecule is N/C(=C\C=C(/N)NC(=O)CN1CCCC2=C1C(=O)N(C1CC1)C2=O)c1ccccc1. The minimum atomic E-state index is -0.352. The summed E-state index contributed by atoms with van der Waals surface area (Å²) in [4.78, 5) is 40.9. The number of nitrogens with two attached hydrogens (primary N) is 2. The number of nitrogens with zero attached hydrogens (tertiary/aromatic N) is 2. The first-order valence-corrected chi connectivity index (χ1v) is 10.1. The summed E-state index contributed by atoms with van der Waals surface area (Å²) in [5, 5.41) is 2.61. The molecule has 3 aliphatic rings. The van der Waals surface area contributed by atoms with Gasteiger partial charge in [0, 0.05) is 23.9 Å². The van der Waals surface area contributed by atoms with Crippen molar-refractivity contribution in [2.75, 3.05) is 13.1 Å². The molecule has 0 radical (unpaired) electrons. The lowest BCUT2D eigenvalue weighted by Gasteiger charge is -2.28. The van der Waals surface area contributed by atoms with Gasteiger partial charge in [0.1, 0.15) is 11.5 Å². The Kier molecular flexibility index (Phi) is 5.31. The molecule has 0 saturated heterocycles. The zero-order chi connectivity index (χ0) is 21.3. The first-order valence-electron chi connectivity index (χ1n) is 10.1. The number of allylic oxidation sites excluding steroid dienone is 2. The van der Waals surface area contributed by atoms with Gasteiger partial charge >= 0.3 is 0 Å². The summed E-state index contributed by atoms with van der Waals surface area (Å²) in [6.45, 7) is 0.511. The molecule has 2 aliphatic heterocycles. The number of hydrogen-bond acceptors (Lipinski definition) is 6. The molecular weight excluding hydrogens is 382 g/mol. The number of carbonyl (C=O) groups excluding carboxylic acids is 3. The number of benzene rings is 1. The molecule has 0 atom stereocenters. The summed E-state index contributed by atoms with van der Waals surface area (Å²) in [6.07, 6.45) is 6.18. The second-order valence-electron chi connectivity index (χ2n) is 7.72. The first kappa shape index (κ1) is 19.8. The van der Waals surface area contributed by atoms with Crippen molar-refractivity contribution < 1.29 is 14.4 Å². The highest BCUT2D eigenvalue weighted by Gasteiger charge is 2.48. The smallest absolute Gasteiger partial charge is 0.277 e. The van der Waals surface area contributed by atoms with Gasteiger partial charge < -0.3 is 21.7 Å². The minimum absolute atomic E-state index is 0.0201. The van der Waals surface area contributed by atoms with Gasteiger partial charge in [-0.1, -0.05) is 30.3 Å². The van der Waals surface area contributed by atoms with E-state index in [-0.39, 0.29) is 36.1 Å². The van der Waals surface area contributed by atoms with Crippen molar-refractivity contribution in [2.45, 2.75) is 31.7 Å². The lowest BCUT2D eigenvalue weighted by atomic mass is 10.0. The second kappa shape index (κ2) is 8.06. The highest BCUT2D eigenvalue weighted by atomic mass is 16.2. The van der Waals surface area contributed by atoms with Gasteiger partial charge in [0.25, 0.3) is 11.8 Å². The zero-order valence-corrected chi connectivity index (χ0v) is 16.6. The van der Waals surface area contributed by atoms with Crippen LogP contribution in [0.5, 0.6) is 0 Å². The van der Waals surface area contributed by atoms with E-state index in [0.29, 0.717) is 29.9 Å². The van der Waals surface area contributed by atoms with E-state index in [1.807, 2.05) is 30.3 Å². The number of hydrogen-bond donors (Lipinski definition) is 3. The van der Waals surface area contributed by atoms with Crippen molar-refractivity contribution >= 4 is 23.4 Å². The van der Waals surface area contributed by atoms with Crippen LogP contribution in [0.1, 0.15) is 31.2 Å². The number of imide groups is 1. The lowest BCUT2D eigenvalue weighted by molar-refractivity contribution is -0.138. The van der Waals surface area contributed by atoms with E-state index >= 15 is 0 Å². The summed E-state index contributed by atoms with van der Waals surface area (Å²) >= 11 is 0. The maximum absolute atomic E-state index is 12.8. The van der Waals surface area contributed by atoms with E-state index in [1.165, 1.54) is 11.0 Å². The van der Waals surface area contributed by atoms with Gasteiger partial charge in [0.05, 0.1) is 6.54 Å². The van der Waals surface area contributed by atoms with Crippen LogP contribution in [0.3, 0.4) is 0 Å². The van der Waals surface area contributed by atoms with Crippen molar-refractivity contribution in [3.05, 3.63) is 65.1 Å². The molecule has 2 heterocycles. The van der Waals surface area contributed by atoms with Crippen LogP contribution >= 0.6 is 0 Å². The predicted octanol–water partition coefficient (Wildman–Crippen LogP) is 0.784. The molecule has 8 heteroatoms. The van der Waals surface area contributed by atoms with E-state index in [4.69, 9.17) is 11.5 Å². The fourth-order valence-corrected chi connectivity index (χ4v) is 3.84. The Morgan fingerprint density at radius 2 is 1.83 bits per heavy atom. The van der Waals surface area contributed by atoms with Gasteiger partial charge in [-0.15, -0.1) is 0 Å². The van der Waals surface area contributed by atoms with Gasteiger partial charge in [0.2, 0.25) is 5.91 Å². The Morgan fingerprint density at radius 1 is 1.10 bits per heavy atom. The molecule has 1 aromatic rings. The van der Waals surface area contributed by atoms with Crippen molar-refractivity contribution in [2.24, 2.45) is 11.5 Å². The third kappa shape index (κ3) is 3.94. The van der Waals surface area contributed by atoms with Crippen LogP contribution in [-0.2, 0) is 14.4 Å². The molecule has 1 fully saturated rings. The van der Waals surface area contributed by atoms with Gasteiger partial charge in [-0.05, 0) is 43.4 Å². The van der Waals surface area contributed by atoms with E-state index in [9.17, 15) is 14.4 Å². The fraction of sp³-hybridized carbons (Fsp3) is 0.318. The molecule has 0 aromatic heterocycles. The number of rotatable bonds is 6. The van der Waals surface area contributed by atoms with Crippen molar-refractivity contribution in [1.29, 1.82) is 0 Å². The Labute approximate surface area is 174 Å². The normalized spacial score (nSPS) is 20.0. The Balaban J connectivity index is 1.40. The molecule has 8 nitrogen and oxygen atoms in total. The minimum Gasteiger partial charge on any atom is -0.398 e. The van der Waals surface area contributed by atoms with Gasteiger partial charge in [-0.25, -0.2) is 0 Å². The molecule has 4 rings (SSSR count). The van der Waals surface area contributed by atoms with Crippen molar-refractivity contribution in [3.63, 3.8) is 0 Å². The second-order valence-corrected chi connectivity index (χ2v) is 7.72. The molecule has 0 unspecified atom stereocenters. The molecule has 1 saturated carbocycles. The largest absolute Gasteiger partial charge is 0.398 e. The summed E-state index contributed by atoms with van der Waals surface area (Å²) in [5.41, 5.74) is 14.2. The summed E-state index contributed by atoms with van der Waals surface area (Å²) in [5.74, 6) is -0.663. The maximum atomic E-state index is 12.8. The molecule has 1 aliphatic carbocycles. The Bertz CT molecular complexity index is 976. The quantitative estimate of drug-likeness (QED) is 0.473. The monoisotopic (exact) mass is 407 g/mol. The fourth-order valence-electron chi connectivity index (χ4n) is 3.84. The Hall–Kier alpha value is -3.55. The molecule has 0 spiro atoms. The van der Waals surface area contributed by atoms with Crippen LogP contribution in [0.2, 0.25) is 0 Å². The number of carbonyl (C=O) groups is 3. The maximum Gasteiger partial charge on any atom is 0.277 e. The van der Waals surface area contributed by atoms with E-state index in [1.54, 1.807) is 11.0 Å². The highest BCUT2D eigenvalue weighted by Crippen LogP contribution is 2.38. The summed E-state index contributed by atoms with van der Waals surface area (Å²) < 4.78 is 0. The van der Waals surface area contributed by atoms with Crippen LogP contribution in [-0.4, -0.2) is 46.7 Å². The topological polar surface area (TPSA) is 122 Å². The van der Waals surface area contributed by atoms with Gasteiger partial charge in [-0.2, -0.15) is 0 Å². The van der Waals surface area contributed by atoms with E-state index < -0.39 is 0 Å². The highest BCUT2D eigenvalue weighted by molar-refractivity contribution is 6.19. The summed E-state index contributed by atoms with van der Waals surface area (Å²) in [6, 6.07) is 9.43. The lowest BCUT2D eigenvalue weighted by Crippen LogP contribution is -2.42. The van der Waals surface area contributed by atoms with Crippen LogP contribution in [0.4, 0.5) is 0 Å². The van der Waals surface area contributed by atoms with E-state index in [2.05, 4.69) is 5.32 Å². The molecular formula is C22H25N5O3. The predicted molar refractivity (Wildman–Crippen MR) is 112 cm³/mol. The zero-order valence-electron chi connectivity index (χ0n) is 16.6. The van der Waals surface area contributed by atoms with Crippen molar-refractivity contribution in [1.82, 2.24) is 15.1 Å². The van der Waals surface area contributed by atoms with Crippen molar-refractivity contribution in [3.8, 4) is 0 Å². The molecule has 5 N–H and O–H groups in total. The van der Waals surface area contributed by atoms with Gasteiger partial charge in [0.15, 0.2) is 0 Å². The Morgan fingerprint density at radius 3 is 2.53 bits per heavy atom. The number of amides is 3. The molecule has 156 valence electrons. The average Bonchev–Trinajstić information content (AvgIpc) is 3.53. The third-order valence-corrected chi connectivity index (χ3v) is 5.44. The molecule has 3 amide bonds. The van der Waals surface area contributed by atoms with Crippen LogP contribution < -0.4 is 16.8 Å². The van der Waals surface area contributed by atoms with E-state index in [0.717, 1.165) is 24.8 Å². The first-order chi connectivity index (χ1) is 14.5. The molecule has 0 bridgehead atoms. The standard InChI is InChI=1S/C22H25N5O3/c23-17(14-5-2-1-3-6-14)10-11-18(24)25-19(28)13-26-12-4-7-16-20(26)22(30)27(21(16)29)15-8-9-15/h1-3,5-6,10-11,15H,4,7-9,12-13,23-24H2,(H,25,28)/b17-10-,18-11+. The van der Waals surface area contributed by atoms with Crippen LogP contribution in [0.25, 0.3) is 5.70 Å².